The molecule has 0 aromatic heterocycles. The highest BCUT2D eigenvalue weighted by Gasteiger charge is 2.31. The van der Waals surface area contributed by atoms with Gasteiger partial charge >= 0.3 is 6.18 Å². The second kappa shape index (κ2) is 5.83. The highest BCUT2D eigenvalue weighted by atomic mass is 79.9. The maximum absolute atomic E-state index is 13.6. The van der Waals surface area contributed by atoms with Crippen molar-refractivity contribution in [1.29, 1.82) is 0 Å². The van der Waals surface area contributed by atoms with Crippen molar-refractivity contribution in [2.24, 2.45) is 0 Å². The van der Waals surface area contributed by atoms with Crippen molar-refractivity contribution in [3.63, 3.8) is 0 Å². The molecule has 2 aromatic carbocycles. The molecule has 1 N–H and O–H groups in total. The van der Waals surface area contributed by atoms with Crippen LogP contribution in [0.15, 0.2) is 46.9 Å². The molecular weight excluding hydrogens is 338 g/mol. The minimum absolute atomic E-state index is 0.0425. The second-order valence-corrected chi connectivity index (χ2v) is 5.09. The van der Waals surface area contributed by atoms with Gasteiger partial charge in [-0.2, -0.15) is 13.2 Å². The maximum atomic E-state index is 13.6. The molecule has 0 unspecified atom stereocenters. The summed E-state index contributed by atoms with van der Waals surface area (Å²) in [5.41, 5.74) is -0.0578. The number of benzene rings is 2. The Balaban J connectivity index is 2.08. The predicted octanol–water partition coefficient (Wildman–Crippen LogP) is 5.22. The number of rotatable bonds is 3. The van der Waals surface area contributed by atoms with Gasteiger partial charge in [0, 0.05) is 11.0 Å². The average Bonchev–Trinajstić information content (AvgIpc) is 2.38. The lowest BCUT2D eigenvalue weighted by Crippen LogP contribution is -2.07. The summed E-state index contributed by atoms with van der Waals surface area (Å²) < 4.78 is 51.7. The summed E-state index contributed by atoms with van der Waals surface area (Å²) in [7, 11) is 0. The third-order valence-corrected chi connectivity index (χ3v) is 3.22. The van der Waals surface area contributed by atoms with E-state index in [0.29, 0.717) is 12.6 Å². The molecule has 0 saturated carbocycles. The summed E-state index contributed by atoms with van der Waals surface area (Å²) >= 11 is 3.29. The Morgan fingerprint density at radius 1 is 1.00 bits per heavy atom. The first-order chi connectivity index (χ1) is 9.36. The standard InChI is InChI=1S/C14H10BrF4N/c15-11-4-1-9(2-5-11)8-20-13-6-3-10(7-12(13)16)14(17,18)19/h1-7,20H,8H2. The molecule has 2 rings (SSSR count). The van der Waals surface area contributed by atoms with Gasteiger partial charge in [0.15, 0.2) is 0 Å². The van der Waals surface area contributed by atoms with Crippen LogP contribution in [0.2, 0.25) is 0 Å². The van der Waals surface area contributed by atoms with Crippen molar-refractivity contribution >= 4 is 21.6 Å². The Morgan fingerprint density at radius 3 is 2.20 bits per heavy atom. The number of alkyl halides is 3. The molecule has 0 atom stereocenters. The van der Waals surface area contributed by atoms with Gasteiger partial charge in [-0.05, 0) is 35.9 Å². The number of hydrogen-bond donors (Lipinski definition) is 1. The lowest BCUT2D eigenvalue weighted by Gasteiger charge is -2.11. The van der Waals surface area contributed by atoms with Gasteiger partial charge in [-0.1, -0.05) is 28.1 Å². The molecule has 0 saturated heterocycles. The third kappa shape index (κ3) is 3.72. The van der Waals surface area contributed by atoms with Crippen molar-refractivity contribution < 1.29 is 17.6 Å². The number of hydrogen-bond acceptors (Lipinski definition) is 1. The largest absolute Gasteiger partial charge is 0.416 e. The van der Waals surface area contributed by atoms with E-state index in [-0.39, 0.29) is 5.69 Å². The lowest BCUT2D eigenvalue weighted by molar-refractivity contribution is -0.137. The summed E-state index contributed by atoms with van der Waals surface area (Å²) in [5, 5.41) is 2.77. The molecular formula is C14H10BrF4N. The highest BCUT2D eigenvalue weighted by molar-refractivity contribution is 9.10. The number of anilines is 1. The average molecular weight is 348 g/mol. The smallest absolute Gasteiger partial charge is 0.379 e. The Kier molecular flexibility index (Phi) is 4.32. The number of halogens is 5. The maximum Gasteiger partial charge on any atom is 0.416 e. The molecule has 0 aliphatic rings. The van der Waals surface area contributed by atoms with Gasteiger partial charge in [0.25, 0.3) is 0 Å². The van der Waals surface area contributed by atoms with Crippen molar-refractivity contribution in [3.8, 4) is 0 Å². The first-order valence-electron chi connectivity index (χ1n) is 5.71. The Labute approximate surface area is 121 Å². The van der Waals surface area contributed by atoms with E-state index in [9.17, 15) is 17.6 Å². The second-order valence-electron chi connectivity index (χ2n) is 4.17. The lowest BCUT2D eigenvalue weighted by atomic mass is 10.1. The van der Waals surface area contributed by atoms with Gasteiger partial charge in [-0.15, -0.1) is 0 Å². The Morgan fingerprint density at radius 2 is 1.65 bits per heavy atom. The van der Waals surface area contributed by atoms with Crippen LogP contribution in [0.5, 0.6) is 0 Å². The summed E-state index contributed by atoms with van der Waals surface area (Å²) in [6, 6.07) is 9.77. The van der Waals surface area contributed by atoms with Gasteiger partial charge in [-0.25, -0.2) is 4.39 Å². The normalized spacial score (nSPS) is 11.4. The van der Waals surface area contributed by atoms with Crippen molar-refractivity contribution in [3.05, 3.63) is 63.9 Å². The van der Waals surface area contributed by atoms with Crippen molar-refractivity contribution in [1.82, 2.24) is 0 Å². The molecule has 6 heteroatoms. The summed E-state index contributed by atoms with van der Waals surface area (Å²) in [4.78, 5) is 0. The molecule has 0 heterocycles. The van der Waals surface area contributed by atoms with E-state index in [1.807, 2.05) is 24.3 Å². The molecule has 0 aliphatic carbocycles. The van der Waals surface area contributed by atoms with Crippen LogP contribution in [0.25, 0.3) is 0 Å². The molecule has 0 spiro atoms. The first kappa shape index (κ1) is 14.8. The van der Waals surface area contributed by atoms with Crippen LogP contribution in [0, 0.1) is 5.82 Å². The van der Waals surface area contributed by atoms with Crippen LogP contribution in [-0.2, 0) is 12.7 Å². The van der Waals surface area contributed by atoms with Gasteiger partial charge in [0.2, 0.25) is 0 Å². The Bertz CT molecular complexity index is 593. The van der Waals surface area contributed by atoms with Crippen LogP contribution in [0.1, 0.15) is 11.1 Å². The first-order valence-corrected chi connectivity index (χ1v) is 6.50. The van der Waals surface area contributed by atoms with E-state index in [1.54, 1.807) is 0 Å². The van der Waals surface area contributed by atoms with Crippen LogP contribution in [-0.4, -0.2) is 0 Å². The molecule has 20 heavy (non-hydrogen) atoms. The van der Waals surface area contributed by atoms with E-state index in [4.69, 9.17) is 0 Å². The molecule has 0 bridgehead atoms. The topological polar surface area (TPSA) is 12.0 Å². The van der Waals surface area contributed by atoms with E-state index in [0.717, 1.165) is 22.2 Å². The molecule has 0 radical (unpaired) electrons. The van der Waals surface area contributed by atoms with Gasteiger partial charge in [0.05, 0.1) is 11.3 Å². The fourth-order valence-corrected chi connectivity index (χ4v) is 1.90. The Hall–Kier alpha value is -1.56. The molecule has 0 fully saturated rings. The van der Waals surface area contributed by atoms with Crippen LogP contribution in [0.3, 0.4) is 0 Å². The quantitative estimate of drug-likeness (QED) is 0.750. The molecule has 106 valence electrons. The van der Waals surface area contributed by atoms with E-state index in [1.165, 1.54) is 0 Å². The third-order valence-electron chi connectivity index (χ3n) is 2.69. The van der Waals surface area contributed by atoms with Crippen LogP contribution >= 0.6 is 15.9 Å². The zero-order valence-corrected chi connectivity index (χ0v) is 11.7. The summed E-state index contributed by atoms with van der Waals surface area (Å²) in [6.45, 7) is 0.329. The number of nitrogens with one attached hydrogen (secondary N) is 1. The zero-order chi connectivity index (χ0) is 14.8. The van der Waals surface area contributed by atoms with Crippen molar-refractivity contribution in [2.75, 3.05) is 5.32 Å². The monoisotopic (exact) mass is 347 g/mol. The zero-order valence-electron chi connectivity index (χ0n) is 10.1. The van der Waals surface area contributed by atoms with Gasteiger partial charge in [0.1, 0.15) is 5.82 Å². The summed E-state index contributed by atoms with van der Waals surface area (Å²) in [6.07, 6.45) is -4.54. The predicted molar refractivity (Wildman–Crippen MR) is 72.9 cm³/mol. The molecule has 0 amide bonds. The van der Waals surface area contributed by atoms with E-state index >= 15 is 0 Å². The minimum atomic E-state index is -4.54. The SMILES string of the molecule is Fc1cc(C(F)(F)F)ccc1NCc1ccc(Br)cc1. The van der Waals surface area contributed by atoms with E-state index in [2.05, 4.69) is 21.2 Å². The molecule has 1 nitrogen and oxygen atoms in total. The van der Waals surface area contributed by atoms with Gasteiger partial charge in [-0.3, -0.25) is 0 Å². The fraction of sp³-hybridized carbons (Fsp3) is 0.143. The fourth-order valence-electron chi connectivity index (χ4n) is 1.63. The molecule has 0 aliphatic heterocycles. The van der Waals surface area contributed by atoms with Crippen LogP contribution in [0.4, 0.5) is 23.2 Å². The van der Waals surface area contributed by atoms with Gasteiger partial charge < -0.3 is 5.32 Å². The van der Waals surface area contributed by atoms with E-state index < -0.39 is 17.6 Å². The van der Waals surface area contributed by atoms with Crippen LogP contribution < -0.4 is 5.32 Å². The molecule has 2 aromatic rings. The minimum Gasteiger partial charge on any atom is -0.379 e. The highest BCUT2D eigenvalue weighted by Crippen LogP contribution is 2.31. The summed E-state index contributed by atoms with van der Waals surface area (Å²) in [5.74, 6) is -0.920. The van der Waals surface area contributed by atoms with Crippen molar-refractivity contribution in [2.45, 2.75) is 12.7 Å².